The number of aryl methyl sites for hydroxylation is 2. The highest BCUT2D eigenvalue weighted by atomic mass is 16.5. The predicted molar refractivity (Wildman–Crippen MR) is 82.3 cm³/mol. The van der Waals surface area contributed by atoms with Crippen molar-refractivity contribution in [3.05, 3.63) is 53.6 Å². The molecule has 3 nitrogen and oxygen atoms in total. The summed E-state index contributed by atoms with van der Waals surface area (Å²) in [6.45, 7) is 6.90. The SMILES string of the molecule is CCCOc1cc(C)c(N=Nc2ccccc2)c(C)c1. The topological polar surface area (TPSA) is 34.0 Å². The van der Waals surface area contributed by atoms with Crippen LogP contribution in [0.1, 0.15) is 24.5 Å². The summed E-state index contributed by atoms with van der Waals surface area (Å²) >= 11 is 0. The van der Waals surface area contributed by atoms with Gasteiger partial charge in [0.05, 0.1) is 18.0 Å². The van der Waals surface area contributed by atoms with Crippen LogP contribution in [-0.2, 0) is 0 Å². The van der Waals surface area contributed by atoms with Crippen LogP contribution in [0.25, 0.3) is 0 Å². The zero-order valence-electron chi connectivity index (χ0n) is 12.3. The van der Waals surface area contributed by atoms with Gasteiger partial charge in [0.1, 0.15) is 5.75 Å². The lowest BCUT2D eigenvalue weighted by molar-refractivity contribution is 0.317. The van der Waals surface area contributed by atoms with E-state index in [1.807, 2.05) is 56.3 Å². The largest absolute Gasteiger partial charge is 0.494 e. The van der Waals surface area contributed by atoms with Crippen molar-refractivity contribution in [1.29, 1.82) is 0 Å². The molecule has 0 saturated heterocycles. The zero-order chi connectivity index (χ0) is 14.4. The summed E-state index contributed by atoms with van der Waals surface area (Å²) in [6.07, 6.45) is 1.01. The van der Waals surface area contributed by atoms with Crippen molar-refractivity contribution >= 4 is 11.4 Å². The molecule has 0 saturated carbocycles. The van der Waals surface area contributed by atoms with Crippen LogP contribution in [0.5, 0.6) is 5.75 Å². The van der Waals surface area contributed by atoms with E-state index < -0.39 is 0 Å². The number of nitrogens with zero attached hydrogens (tertiary/aromatic N) is 2. The van der Waals surface area contributed by atoms with Crippen molar-refractivity contribution in [2.75, 3.05) is 6.61 Å². The molecule has 0 aromatic heterocycles. The summed E-state index contributed by atoms with van der Waals surface area (Å²) in [6, 6.07) is 13.8. The van der Waals surface area contributed by atoms with E-state index in [9.17, 15) is 0 Å². The van der Waals surface area contributed by atoms with Crippen molar-refractivity contribution in [3.8, 4) is 5.75 Å². The van der Waals surface area contributed by atoms with Gasteiger partial charge in [0.2, 0.25) is 0 Å². The fraction of sp³-hybridized carbons (Fsp3) is 0.294. The smallest absolute Gasteiger partial charge is 0.119 e. The van der Waals surface area contributed by atoms with Crippen LogP contribution in [0.3, 0.4) is 0 Å². The average Bonchev–Trinajstić information content (AvgIpc) is 2.45. The first kappa shape index (κ1) is 14.3. The number of rotatable bonds is 5. The summed E-state index contributed by atoms with van der Waals surface area (Å²) in [5, 5.41) is 8.64. The van der Waals surface area contributed by atoms with Gasteiger partial charge in [-0.2, -0.15) is 10.2 Å². The Morgan fingerprint density at radius 3 is 2.20 bits per heavy atom. The molecule has 2 aromatic rings. The molecule has 0 atom stereocenters. The van der Waals surface area contributed by atoms with E-state index in [4.69, 9.17) is 4.74 Å². The van der Waals surface area contributed by atoms with E-state index in [2.05, 4.69) is 17.2 Å². The van der Waals surface area contributed by atoms with Crippen LogP contribution in [0.15, 0.2) is 52.7 Å². The minimum absolute atomic E-state index is 0.740. The van der Waals surface area contributed by atoms with E-state index >= 15 is 0 Å². The van der Waals surface area contributed by atoms with Crippen molar-refractivity contribution in [1.82, 2.24) is 0 Å². The third kappa shape index (κ3) is 3.67. The molecule has 2 aromatic carbocycles. The Bertz CT molecular complexity index is 568. The quantitative estimate of drug-likeness (QED) is 0.658. The molecule has 0 heterocycles. The lowest BCUT2D eigenvalue weighted by Crippen LogP contribution is -1.96. The highest BCUT2D eigenvalue weighted by Gasteiger charge is 2.05. The first-order valence-electron chi connectivity index (χ1n) is 6.91. The second-order valence-electron chi connectivity index (χ2n) is 4.79. The fourth-order valence-electron chi connectivity index (χ4n) is 1.98. The van der Waals surface area contributed by atoms with Crippen molar-refractivity contribution in [2.24, 2.45) is 10.2 Å². The maximum absolute atomic E-state index is 5.66. The molecular formula is C17H20N2O. The molecule has 0 aliphatic rings. The molecule has 2 rings (SSSR count). The predicted octanol–water partition coefficient (Wildman–Crippen LogP) is 5.51. The second kappa shape index (κ2) is 6.85. The van der Waals surface area contributed by atoms with Gasteiger partial charge in [-0.05, 0) is 55.7 Å². The highest BCUT2D eigenvalue weighted by Crippen LogP contribution is 2.30. The summed E-state index contributed by atoms with van der Waals surface area (Å²) < 4.78 is 5.66. The van der Waals surface area contributed by atoms with Crippen LogP contribution < -0.4 is 4.74 Å². The standard InChI is InChI=1S/C17H20N2O/c1-4-10-20-16-11-13(2)17(14(3)12-16)19-18-15-8-6-5-7-9-15/h5-9,11-12H,4,10H2,1-3H3. The van der Waals surface area contributed by atoms with E-state index in [0.717, 1.165) is 41.3 Å². The number of hydrogen-bond donors (Lipinski definition) is 0. The first-order valence-corrected chi connectivity index (χ1v) is 6.91. The van der Waals surface area contributed by atoms with Crippen molar-refractivity contribution in [3.63, 3.8) is 0 Å². The minimum atomic E-state index is 0.740. The second-order valence-corrected chi connectivity index (χ2v) is 4.79. The summed E-state index contributed by atoms with van der Waals surface area (Å²) in [5.74, 6) is 0.903. The third-order valence-corrected chi connectivity index (χ3v) is 2.96. The molecule has 0 N–H and O–H groups in total. The normalized spacial score (nSPS) is 10.9. The Morgan fingerprint density at radius 1 is 0.950 bits per heavy atom. The molecule has 104 valence electrons. The van der Waals surface area contributed by atoms with Gasteiger partial charge in [0.25, 0.3) is 0 Å². The lowest BCUT2D eigenvalue weighted by atomic mass is 10.1. The Labute approximate surface area is 120 Å². The van der Waals surface area contributed by atoms with Gasteiger partial charge in [-0.15, -0.1) is 0 Å². The van der Waals surface area contributed by atoms with Crippen LogP contribution in [0.2, 0.25) is 0 Å². The molecule has 20 heavy (non-hydrogen) atoms. The van der Waals surface area contributed by atoms with Gasteiger partial charge in [0, 0.05) is 0 Å². The molecule has 0 amide bonds. The average molecular weight is 268 g/mol. The van der Waals surface area contributed by atoms with Crippen molar-refractivity contribution < 1.29 is 4.74 Å². The molecule has 3 heteroatoms. The summed E-state index contributed by atoms with van der Waals surface area (Å²) in [4.78, 5) is 0. The Hall–Kier alpha value is -2.16. The maximum Gasteiger partial charge on any atom is 0.119 e. The zero-order valence-corrected chi connectivity index (χ0v) is 12.3. The fourth-order valence-corrected chi connectivity index (χ4v) is 1.98. The molecule has 0 aliphatic carbocycles. The molecule has 0 fully saturated rings. The van der Waals surface area contributed by atoms with E-state index in [0.29, 0.717) is 0 Å². The maximum atomic E-state index is 5.66. The van der Waals surface area contributed by atoms with E-state index in [1.54, 1.807) is 0 Å². The van der Waals surface area contributed by atoms with Crippen LogP contribution >= 0.6 is 0 Å². The van der Waals surface area contributed by atoms with Crippen LogP contribution in [0.4, 0.5) is 11.4 Å². The Balaban J connectivity index is 2.22. The minimum Gasteiger partial charge on any atom is -0.494 e. The molecule has 0 radical (unpaired) electrons. The number of hydrogen-bond acceptors (Lipinski definition) is 3. The van der Waals surface area contributed by atoms with Gasteiger partial charge in [-0.1, -0.05) is 25.1 Å². The van der Waals surface area contributed by atoms with E-state index in [1.165, 1.54) is 0 Å². The van der Waals surface area contributed by atoms with Crippen molar-refractivity contribution in [2.45, 2.75) is 27.2 Å². The molecule has 0 spiro atoms. The van der Waals surface area contributed by atoms with Gasteiger partial charge in [-0.25, -0.2) is 0 Å². The summed E-state index contributed by atoms with van der Waals surface area (Å²) in [7, 11) is 0. The van der Waals surface area contributed by atoms with Crippen LogP contribution in [0, 0.1) is 13.8 Å². The molecular weight excluding hydrogens is 248 g/mol. The van der Waals surface area contributed by atoms with Gasteiger partial charge in [-0.3, -0.25) is 0 Å². The summed E-state index contributed by atoms with van der Waals surface area (Å²) in [5.41, 5.74) is 3.93. The molecule has 0 bridgehead atoms. The number of benzene rings is 2. The molecule has 0 unspecified atom stereocenters. The Morgan fingerprint density at radius 2 is 1.60 bits per heavy atom. The van der Waals surface area contributed by atoms with Gasteiger partial charge in [0.15, 0.2) is 0 Å². The van der Waals surface area contributed by atoms with E-state index in [-0.39, 0.29) is 0 Å². The first-order chi connectivity index (χ1) is 9.70. The molecule has 0 aliphatic heterocycles. The van der Waals surface area contributed by atoms with Gasteiger partial charge < -0.3 is 4.74 Å². The van der Waals surface area contributed by atoms with Crippen LogP contribution in [-0.4, -0.2) is 6.61 Å². The number of azo groups is 1. The highest BCUT2D eigenvalue weighted by molar-refractivity contribution is 5.55. The number of ether oxygens (including phenoxy) is 1. The Kier molecular flexibility index (Phi) is 4.88. The van der Waals surface area contributed by atoms with Gasteiger partial charge >= 0.3 is 0 Å². The third-order valence-electron chi connectivity index (χ3n) is 2.96. The lowest BCUT2D eigenvalue weighted by Gasteiger charge is -2.09. The monoisotopic (exact) mass is 268 g/mol.